The number of pyridine rings is 1. The summed E-state index contributed by atoms with van der Waals surface area (Å²) in [4.78, 5) is 14.7. The van der Waals surface area contributed by atoms with Crippen LogP contribution in [-0.4, -0.2) is 22.7 Å². The molecule has 0 saturated heterocycles. The van der Waals surface area contributed by atoms with Crippen molar-refractivity contribution in [3.8, 4) is 5.88 Å². The maximum Gasteiger partial charge on any atom is 0.335 e. The SMILES string of the molecule is C[C@H]1C[C@@H]1COc1cc(C(=O)O)cc(Cl)n1. The Hall–Kier alpha value is -1.29. The van der Waals surface area contributed by atoms with Gasteiger partial charge in [0.05, 0.1) is 12.2 Å². The molecule has 1 heterocycles. The molecule has 0 amide bonds. The summed E-state index contributed by atoms with van der Waals surface area (Å²) in [7, 11) is 0. The molecule has 0 unspecified atom stereocenters. The molecule has 0 bridgehead atoms. The van der Waals surface area contributed by atoms with Gasteiger partial charge in [0.15, 0.2) is 0 Å². The predicted molar refractivity (Wildman–Crippen MR) is 59.0 cm³/mol. The molecule has 0 radical (unpaired) electrons. The van der Waals surface area contributed by atoms with E-state index in [0.717, 1.165) is 6.42 Å². The molecule has 1 fully saturated rings. The van der Waals surface area contributed by atoms with E-state index in [1.807, 2.05) is 0 Å². The topological polar surface area (TPSA) is 59.4 Å². The second-order valence-corrected chi connectivity index (χ2v) is 4.49. The highest BCUT2D eigenvalue weighted by molar-refractivity contribution is 6.29. The zero-order valence-corrected chi connectivity index (χ0v) is 9.57. The van der Waals surface area contributed by atoms with Gasteiger partial charge in [-0.05, 0) is 24.3 Å². The van der Waals surface area contributed by atoms with Gasteiger partial charge in [-0.15, -0.1) is 0 Å². The van der Waals surface area contributed by atoms with Gasteiger partial charge in [0.25, 0.3) is 0 Å². The summed E-state index contributed by atoms with van der Waals surface area (Å²) in [5.41, 5.74) is 0.0962. The highest BCUT2D eigenvalue weighted by Crippen LogP contribution is 2.37. The van der Waals surface area contributed by atoms with Gasteiger partial charge < -0.3 is 9.84 Å². The zero-order valence-electron chi connectivity index (χ0n) is 8.81. The van der Waals surface area contributed by atoms with Gasteiger partial charge in [-0.25, -0.2) is 9.78 Å². The lowest BCUT2D eigenvalue weighted by Crippen LogP contribution is -2.04. The van der Waals surface area contributed by atoms with Crippen molar-refractivity contribution in [2.75, 3.05) is 6.61 Å². The quantitative estimate of drug-likeness (QED) is 0.823. The van der Waals surface area contributed by atoms with Crippen molar-refractivity contribution in [3.63, 3.8) is 0 Å². The molecule has 1 N–H and O–H groups in total. The van der Waals surface area contributed by atoms with Gasteiger partial charge in [-0.2, -0.15) is 0 Å². The Morgan fingerprint density at radius 1 is 1.69 bits per heavy atom. The number of aromatic nitrogens is 1. The van der Waals surface area contributed by atoms with Crippen LogP contribution in [0.2, 0.25) is 5.15 Å². The number of aromatic carboxylic acids is 1. The van der Waals surface area contributed by atoms with Crippen molar-refractivity contribution in [1.29, 1.82) is 0 Å². The molecule has 0 spiro atoms. The summed E-state index contributed by atoms with van der Waals surface area (Å²) in [6.07, 6.45) is 1.16. The lowest BCUT2D eigenvalue weighted by molar-refractivity contribution is 0.0696. The molecule has 1 aromatic rings. The van der Waals surface area contributed by atoms with E-state index in [4.69, 9.17) is 21.4 Å². The standard InChI is InChI=1S/C11H12ClNO3/c1-6-2-8(6)5-16-10-4-7(11(14)15)3-9(12)13-10/h3-4,6,8H,2,5H2,1H3,(H,14,15)/t6-,8+/m0/s1. The molecular formula is C11H12ClNO3. The predicted octanol–water partition coefficient (Wildman–Crippen LogP) is 2.47. The van der Waals surface area contributed by atoms with Gasteiger partial charge in [0.2, 0.25) is 5.88 Å². The Kier molecular flexibility index (Phi) is 3.01. The Morgan fingerprint density at radius 2 is 2.38 bits per heavy atom. The Bertz CT molecular complexity index is 422. The number of halogens is 1. The van der Waals surface area contributed by atoms with E-state index >= 15 is 0 Å². The number of carbonyl (C=O) groups is 1. The molecule has 1 saturated carbocycles. The Labute approximate surface area is 98.2 Å². The van der Waals surface area contributed by atoms with Crippen LogP contribution in [0, 0.1) is 11.8 Å². The molecule has 0 aromatic carbocycles. The van der Waals surface area contributed by atoms with Crippen molar-refractivity contribution in [3.05, 3.63) is 22.8 Å². The third kappa shape index (κ3) is 2.64. The van der Waals surface area contributed by atoms with Gasteiger partial charge in [-0.3, -0.25) is 0 Å². The van der Waals surface area contributed by atoms with Crippen LogP contribution in [0.15, 0.2) is 12.1 Å². The maximum absolute atomic E-state index is 10.8. The Morgan fingerprint density at radius 3 is 2.94 bits per heavy atom. The van der Waals surface area contributed by atoms with Crippen molar-refractivity contribution in [2.24, 2.45) is 11.8 Å². The smallest absolute Gasteiger partial charge is 0.335 e. The van der Waals surface area contributed by atoms with Gasteiger partial charge in [0.1, 0.15) is 5.15 Å². The number of rotatable bonds is 4. The first-order valence-electron chi connectivity index (χ1n) is 5.10. The van der Waals surface area contributed by atoms with Crippen molar-refractivity contribution in [2.45, 2.75) is 13.3 Å². The third-order valence-corrected chi connectivity index (χ3v) is 2.93. The molecule has 1 aliphatic rings. The largest absolute Gasteiger partial charge is 0.478 e. The van der Waals surface area contributed by atoms with Crippen LogP contribution in [0.25, 0.3) is 0 Å². The van der Waals surface area contributed by atoms with E-state index in [1.165, 1.54) is 12.1 Å². The van der Waals surface area contributed by atoms with Crippen LogP contribution in [0.1, 0.15) is 23.7 Å². The number of hydrogen-bond acceptors (Lipinski definition) is 3. The average molecular weight is 242 g/mol. The molecule has 4 nitrogen and oxygen atoms in total. The fourth-order valence-corrected chi connectivity index (χ4v) is 1.69. The van der Waals surface area contributed by atoms with Crippen LogP contribution in [0.4, 0.5) is 0 Å². The molecule has 86 valence electrons. The second-order valence-electron chi connectivity index (χ2n) is 4.11. The first kappa shape index (κ1) is 11.2. The van der Waals surface area contributed by atoms with E-state index in [2.05, 4.69) is 11.9 Å². The first-order chi connectivity index (χ1) is 7.56. The van der Waals surface area contributed by atoms with Crippen LogP contribution >= 0.6 is 11.6 Å². The van der Waals surface area contributed by atoms with E-state index < -0.39 is 5.97 Å². The number of hydrogen-bond donors (Lipinski definition) is 1. The lowest BCUT2D eigenvalue weighted by Gasteiger charge is -2.05. The zero-order chi connectivity index (χ0) is 11.7. The molecular weight excluding hydrogens is 230 g/mol. The van der Waals surface area contributed by atoms with E-state index in [-0.39, 0.29) is 16.6 Å². The highest BCUT2D eigenvalue weighted by Gasteiger charge is 2.33. The minimum atomic E-state index is -1.03. The molecule has 16 heavy (non-hydrogen) atoms. The number of ether oxygens (including phenoxy) is 1. The van der Waals surface area contributed by atoms with Gasteiger partial charge >= 0.3 is 5.97 Å². The van der Waals surface area contributed by atoms with E-state index in [9.17, 15) is 4.79 Å². The first-order valence-corrected chi connectivity index (χ1v) is 5.47. The summed E-state index contributed by atoms with van der Waals surface area (Å²) >= 11 is 5.70. The molecule has 1 aliphatic carbocycles. The number of carboxylic acids is 1. The maximum atomic E-state index is 10.8. The number of nitrogens with zero attached hydrogens (tertiary/aromatic N) is 1. The summed E-state index contributed by atoms with van der Waals surface area (Å²) < 4.78 is 5.41. The van der Waals surface area contributed by atoms with Crippen molar-refractivity contribution in [1.82, 2.24) is 4.98 Å². The van der Waals surface area contributed by atoms with Crippen LogP contribution in [0.5, 0.6) is 5.88 Å². The average Bonchev–Trinajstić information content (AvgIpc) is 2.91. The van der Waals surface area contributed by atoms with E-state index in [1.54, 1.807) is 0 Å². The fraction of sp³-hybridized carbons (Fsp3) is 0.455. The van der Waals surface area contributed by atoms with Crippen molar-refractivity contribution >= 4 is 17.6 Å². The lowest BCUT2D eigenvalue weighted by atomic mass is 10.3. The molecule has 2 atom stereocenters. The molecule has 2 rings (SSSR count). The molecule has 0 aliphatic heterocycles. The number of carboxylic acid groups (broad SMARTS) is 1. The Balaban J connectivity index is 2.05. The normalized spacial score (nSPS) is 22.9. The minimum Gasteiger partial charge on any atom is -0.478 e. The third-order valence-electron chi connectivity index (χ3n) is 2.74. The minimum absolute atomic E-state index is 0.0962. The summed E-state index contributed by atoms with van der Waals surface area (Å²) in [6.45, 7) is 2.73. The summed E-state index contributed by atoms with van der Waals surface area (Å²) in [5, 5.41) is 8.96. The van der Waals surface area contributed by atoms with Crippen LogP contribution in [-0.2, 0) is 0 Å². The van der Waals surface area contributed by atoms with Crippen LogP contribution < -0.4 is 4.74 Å². The van der Waals surface area contributed by atoms with Gasteiger partial charge in [-0.1, -0.05) is 18.5 Å². The van der Waals surface area contributed by atoms with Gasteiger partial charge in [0, 0.05) is 6.07 Å². The fourth-order valence-electron chi connectivity index (χ4n) is 1.49. The monoisotopic (exact) mass is 241 g/mol. The second kappa shape index (κ2) is 4.29. The summed E-state index contributed by atoms with van der Waals surface area (Å²) in [6, 6.07) is 2.69. The van der Waals surface area contributed by atoms with Crippen LogP contribution in [0.3, 0.4) is 0 Å². The van der Waals surface area contributed by atoms with E-state index in [0.29, 0.717) is 18.4 Å². The highest BCUT2D eigenvalue weighted by atomic mass is 35.5. The molecule has 5 heteroatoms. The molecule has 1 aromatic heterocycles. The summed E-state index contributed by atoms with van der Waals surface area (Å²) in [5.74, 6) is 0.505. The van der Waals surface area contributed by atoms with Crippen molar-refractivity contribution < 1.29 is 14.6 Å².